The van der Waals surface area contributed by atoms with Gasteiger partial charge in [0.25, 0.3) is 0 Å². The lowest BCUT2D eigenvalue weighted by molar-refractivity contribution is -0.118. The molecule has 0 fully saturated rings. The highest BCUT2D eigenvalue weighted by molar-refractivity contribution is 7.99. The molecule has 1 amide bonds. The number of anilines is 1. The number of benzene rings is 3. The summed E-state index contributed by atoms with van der Waals surface area (Å²) < 4.78 is 0. The van der Waals surface area contributed by atoms with Gasteiger partial charge >= 0.3 is 0 Å². The maximum absolute atomic E-state index is 12.2. The number of carbonyl (C=O) groups excluding carboxylic acids is 1. The molecule has 0 atom stereocenters. The molecule has 0 aliphatic rings. The number of hydrogen-bond donors (Lipinski definition) is 2. The highest BCUT2D eigenvalue weighted by atomic mass is 32.2. The van der Waals surface area contributed by atoms with E-state index < -0.39 is 0 Å². The summed E-state index contributed by atoms with van der Waals surface area (Å²) in [6.07, 6.45) is 0. The molecule has 0 bridgehead atoms. The average molecular weight is 390 g/mol. The van der Waals surface area contributed by atoms with E-state index >= 15 is 0 Å². The fourth-order valence-corrected chi connectivity index (χ4v) is 3.37. The molecule has 0 saturated carbocycles. The monoisotopic (exact) mass is 389 g/mol. The van der Waals surface area contributed by atoms with Crippen molar-refractivity contribution in [2.24, 2.45) is 5.10 Å². The van der Waals surface area contributed by atoms with E-state index in [0.29, 0.717) is 12.3 Å². The third-order valence-electron chi connectivity index (χ3n) is 4.00. The summed E-state index contributed by atoms with van der Waals surface area (Å²) >= 11 is 1.60. The minimum absolute atomic E-state index is 0.00396. The zero-order valence-corrected chi connectivity index (χ0v) is 16.4. The van der Waals surface area contributed by atoms with E-state index in [4.69, 9.17) is 0 Å². The zero-order valence-electron chi connectivity index (χ0n) is 15.5. The minimum atomic E-state index is 0.00396. The van der Waals surface area contributed by atoms with Gasteiger partial charge in [-0.15, -0.1) is 11.8 Å². The SMILES string of the molecule is O=C(CSCc1ccccc1)NC/C(=N/Nc1ccccc1)c1ccccc1. The normalized spacial score (nSPS) is 11.1. The van der Waals surface area contributed by atoms with Crippen LogP contribution in [0.15, 0.2) is 96.1 Å². The first-order chi connectivity index (χ1) is 13.8. The number of nitrogens with one attached hydrogen (secondary N) is 2. The predicted octanol–water partition coefficient (Wildman–Crippen LogP) is 4.55. The maximum Gasteiger partial charge on any atom is 0.230 e. The number of carbonyl (C=O) groups is 1. The Bertz CT molecular complexity index is 883. The average Bonchev–Trinajstić information content (AvgIpc) is 2.76. The van der Waals surface area contributed by atoms with E-state index in [2.05, 4.69) is 28.0 Å². The Kier molecular flexibility index (Phi) is 7.70. The number of nitrogens with zero attached hydrogens (tertiary/aromatic N) is 1. The molecule has 0 unspecified atom stereocenters. The molecule has 142 valence electrons. The lowest BCUT2D eigenvalue weighted by atomic mass is 10.1. The first-order valence-corrected chi connectivity index (χ1v) is 10.3. The Morgan fingerprint density at radius 3 is 2.11 bits per heavy atom. The summed E-state index contributed by atoms with van der Waals surface area (Å²) in [5, 5.41) is 7.48. The topological polar surface area (TPSA) is 53.5 Å². The van der Waals surface area contributed by atoms with Gasteiger partial charge in [-0.05, 0) is 23.3 Å². The Morgan fingerprint density at radius 2 is 1.43 bits per heavy atom. The van der Waals surface area contributed by atoms with Crippen LogP contribution in [0.1, 0.15) is 11.1 Å². The first kappa shape index (κ1) is 19.7. The summed E-state index contributed by atoms with van der Waals surface area (Å²) in [6.45, 7) is 0.370. The molecule has 5 heteroatoms. The van der Waals surface area contributed by atoms with Crippen molar-refractivity contribution in [3.05, 3.63) is 102 Å². The first-order valence-electron chi connectivity index (χ1n) is 9.12. The number of amides is 1. The molecule has 0 aromatic heterocycles. The van der Waals surface area contributed by atoms with E-state index in [0.717, 1.165) is 22.7 Å². The molecule has 3 aromatic rings. The van der Waals surface area contributed by atoms with E-state index in [1.54, 1.807) is 11.8 Å². The summed E-state index contributed by atoms with van der Waals surface area (Å²) in [7, 11) is 0. The van der Waals surface area contributed by atoms with Crippen molar-refractivity contribution < 1.29 is 4.79 Å². The lowest BCUT2D eigenvalue weighted by Crippen LogP contribution is -2.31. The lowest BCUT2D eigenvalue weighted by Gasteiger charge is -2.10. The molecule has 0 heterocycles. The van der Waals surface area contributed by atoms with Crippen LogP contribution in [0.2, 0.25) is 0 Å². The van der Waals surface area contributed by atoms with Gasteiger partial charge in [0.2, 0.25) is 5.91 Å². The van der Waals surface area contributed by atoms with Crippen LogP contribution in [0.3, 0.4) is 0 Å². The number of para-hydroxylation sites is 1. The molecule has 0 aliphatic heterocycles. The van der Waals surface area contributed by atoms with Gasteiger partial charge in [0.05, 0.1) is 23.7 Å². The van der Waals surface area contributed by atoms with Gasteiger partial charge in [0.1, 0.15) is 0 Å². The van der Waals surface area contributed by atoms with Gasteiger partial charge in [0, 0.05) is 5.75 Å². The van der Waals surface area contributed by atoms with Gasteiger partial charge in [-0.25, -0.2) is 0 Å². The van der Waals surface area contributed by atoms with Crippen molar-refractivity contribution in [1.82, 2.24) is 5.32 Å². The fraction of sp³-hybridized carbons (Fsp3) is 0.130. The molecule has 4 nitrogen and oxygen atoms in total. The second kappa shape index (κ2) is 10.9. The highest BCUT2D eigenvalue weighted by Crippen LogP contribution is 2.11. The van der Waals surface area contributed by atoms with Gasteiger partial charge in [-0.2, -0.15) is 5.10 Å². The summed E-state index contributed by atoms with van der Waals surface area (Å²) in [5.41, 5.74) is 6.95. The van der Waals surface area contributed by atoms with Crippen molar-refractivity contribution >= 4 is 29.1 Å². The molecule has 3 aromatic carbocycles. The number of rotatable bonds is 9. The predicted molar refractivity (Wildman–Crippen MR) is 119 cm³/mol. The van der Waals surface area contributed by atoms with Crippen molar-refractivity contribution in [3.8, 4) is 0 Å². The van der Waals surface area contributed by atoms with E-state index in [9.17, 15) is 4.79 Å². The van der Waals surface area contributed by atoms with Gasteiger partial charge in [-0.3, -0.25) is 10.2 Å². The molecule has 0 radical (unpaired) electrons. The Balaban J connectivity index is 1.54. The van der Waals surface area contributed by atoms with Crippen molar-refractivity contribution in [2.75, 3.05) is 17.7 Å². The van der Waals surface area contributed by atoms with E-state index in [1.165, 1.54) is 5.56 Å². The smallest absolute Gasteiger partial charge is 0.230 e. The number of thioether (sulfide) groups is 1. The fourth-order valence-electron chi connectivity index (χ4n) is 2.55. The van der Waals surface area contributed by atoms with Crippen LogP contribution in [-0.4, -0.2) is 23.9 Å². The second-order valence-electron chi connectivity index (χ2n) is 6.16. The number of hydrogen-bond acceptors (Lipinski definition) is 4. The van der Waals surface area contributed by atoms with E-state index in [1.807, 2.05) is 78.9 Å². The van der Waals surface area contributed by atoms with Crippen LogP contribution in [-0.2, 0) is 10.5 Å². The molecule has 0 saturated heterocycles. The van der Waals surface area contributed by atoms with Crippen molar-refractivity contribution in [1.29, 1.82) is 0 Å². The van der Waals surface area contributed by atoms with Crippen LogP contribution < -0.4 is 10.7 Å². The molecule has 28 heavy (non-hydrogen) atoms. The van der Waals surface area contributed by atoms with Crippen LogP contribution in [0.25, 0.3) is 0 Å². The van der Waals surface area contributed by atoms with Crippen LogP contribution in [0.4, 0.5) is 5.69 Å². The Hall–Kier alpha value is -3.05. The Labute approximate surface area is 170 Å². The molecule has 0 spiro atoms. The van der Waals surface area contributed by atoms with Crippen LogP contribution >= 0.6 is 11.8 Å². The molecular weight excluding hydrogens is 366 g/mol. The highest BCUT2D eigenvalue weighted by Gasteiger charge is 2.07. The molecule has 0 aliphatic carbocycles. The molecule has 3 rings (SSSR count). The summed E-state index contributed by atoms with van der Waals surface area (Å²) in [4.78, 5) is 12.2. The van der Waals surface area contributed by atoms with Gasteiger partial charge < -0.3 is 5.32 Å². The van der Waals surface area contributed by atoms with Gasteiger partial charge in [0.15, 0.2) is 0 Å². The van der Waals surface area contributed by atoms with E-state index in [-0.39, 0.29) is 5.91 Å². The summed E-state index contributed by atoms with van der Waals surface area (Å²) in [6, 6.07) is 29.8. The second-order valence-corrected chi connectivity index (χ2v) is 7.14. The zero-order chi connectivity index (χ0) is 19.4. The third-order valence-corrected chi connectivity index (χ3v) is 5.00. The van der Waals surface area contributed by atoms with Crippen LogP contribution in [0, 0.1) is 0 Å². The van der Waals surface area contributed by atoms with Crippen molar-refractivity contribution in [3.63, 3.8) is 0 Å². The molecule has 2 N–H and O–H groups in total. The summed E-state index contributed by atoms with van der Waals surface area (Å²) in [5.74, 6) is 1.25. The third kappa shape index (κ3) is 6.59. The van der Waals surface area contributed by atoms with Crippen molar-refractivity contribution in [2.45, 2.75) is 5.75 Å². The standard InChI is InChI=1S/C23H23N3OS/c27-23(18-28-17-19-10-4-1-5-11-19)24-16-22(20-12-6-2-7-13-20)26-25-21-14-8-3-9-15-21/h1-15,25H,16-18H2,(H,24,27)/b26-22-. The largest absolute Gasteiger partial charge is 0.350 e. The number of hydrazone groups is 1. The van der Waals surface area contributed by atoms with Crippen LogP contribution in [0.5, 0.6) is 0 Å². The quantitative estimate of drug-likeness (QED) is 0.417. The van der Waals surface area contributed by atoms with Gasteiger partial charge in [-0.1, -0.05) is 78.9 Å². The minimum Gasteiger partial charge on any atom is -0.350 e. The molecular formula is C23H23N3OS. The Morgan fingerprint density at radius 1 is 0.821 bits per heavy atom. The maximum atomic E-state index is 12.2.